The highest BCUT2D eigenvalue weighted by atomic mass is 19.4. The lowest BCUT2D eigenvalue weighted by Crippen LogP contribution is -2.32. The SMILES string of the molecule is O=c1ccc(C(F)(F)F)nn1CC(O)COCc1ccccc1F. The third-order valence-electron chi connectivity index (χ3n) is 3.07. The van der Waals surface area contributed by atoms with Crippen molar-refractivity contribution in [2.24, 2.45) is 0 Å². The van der Waals surface area contributed by atoms with Crippen LogP contribution in [0.3, 0.4) is 0 Å². The Kier molecular flexibility index (Phi) is 5.68. The maximum Gasteiger partial charge on any atom is 0.435 e. The Morgan fingerprint density at radius 2 is 1.92 bits per heavy atom. The van der Waals surface area contributed by atoms with Crippen LogP contribution in [0.15, 0.2) is 41.2 Å². The molecule has 1 aromatic carbocycles. The van der Waals surface area contributed by atoms with Crippen molar-refractivity contribution in [3.05, 3.63) is 63.8 Å². The van der Waals surface area contributed by atoms with E-state index in [0.29, 0.717) is 10.7 Å². The fourth-order valence-corrected chi connectivity index (χ4v) is 1.90. The zero-order valence-electron chi connectivity index (χ0n) is 12.3. The zero-order valence-corrected chi connectivity index (χ0v) is 12.3. The Bertz CT molecular complexity index is 746. The molecule has 0 aliphatic heterocycles. The van der Waals surface area contributed by atoms with Gasteiger partial charge in [0.15, 0.2) is 5.69 Å². The van der Waals surface area contributed by atoms with Crippen LogP contribution < -0.4 is 5.56 Å². The summed E-state index contributed by atoms with van der Waals surface area (Å²) < 4.78 is 56.7. The van der Waals surface area contributed by atoms with E-state index < -0.39 is 35.9 Å². The van der Waals surface area contributed by atoms with E-state index in [1.165, 1.54) is 18.2 Å². The molecule has 1 unspecified atom stereocenters. The largest absolute Gasteiger partial charge is 0.435 e. The summed E-state index contributed by atoms with van der Waals surface area (Å²) in [6.45, 7) is -0.882. The Morgan fingerprint density at radius 3 is 2.58 bits per heavy atom. The molecule has 2 rings (SSSR count). The van der Waals surface area contributed by atoms with Crippen molar-refractivity contribution >= 4 is 0 Å². The quantitative estimate of drug-likeness (QED) is 0.813. The first-order valence-electron chi connectivity index (χ1n) is 6.92. The number of halogens is 4. The molecule has 9 heteroatoms. The average Bonchev–Trinajstić information content (AvgIpc) is 2.50. The molecule has 0 amide bonds. The van der Waals surface area contributed by atoms with Crippen molar-refractivity contribution in [1.29, 1.82) is 0 Å². The topological polar surface area (TPSA) is 64.4 Å². The van der Waals surface area contributed by atoms with Crippen LogP contribution in [0.1, 0.15) is 11.3 Å². The summed E-state index contributed by atoms with van der Waals surface area (Å²) >= 11 is 0. The normalized spacial score (nSPS) is 13.0. The number of ether oxygens (including phenoxy) is 1. The second kappa shape index (κ2) is 7.54. The monoisotopic (exact) mass is 346 g/mol. The molecule has 0 saturated carbocycles. The van der Waals surface area contributed by atoms with Crippen LogP contribution >= 0.6 is 0 Å². The van der Waals surface area contributed by atoms with E-state index in [0.717, 1.165) is 6.07 Å². The minimum Gasteiger partial charge on any atom is -0.389 e. The van der Waals surface area contributed by atoms with E-state index >= 15 is 0 Å². The van der Waals surface area contributed by atoms with E-state index in [9.17, 15) is 27.5 Å². The van der Waals surface area contributed by atoms with Gasteiger partial charge in [-0.25, -0.2) is 9.07 Å². The number of nitrogens with zero attached hydrogens (tertiary/aromatic N) is 2. The van der Waals surface area contributed by atoms with E-state index in [-0.39, 0.29) is 18.8 Å². The first-order chi connectivity index (χ1) is 11.3. The van der Waals surface area contributed by atoms with E-state index in [2.05, 4.69) is 5.10 Å². The van der Waals surface area contributed by atoms with Gasteiger partial charge in [-0.1, -0.05) is 18.2 Å². The van der Waals surface area contributed by atoms with Gasteiger partial charge in [0, 0.05) is 11.6 Å². The van der Waals surface area contributed by atoms with Gasteiger partial charge in [0.1, 0.15) is 5.82 Å². The smallest absolute Gasteiger partial charge is 0.389 e. The Morgan fingerprint density at radius 1 is 1.21 bits per heavy atom. The first kappa shape index (κ1) is 18.1. The molecule has 0 radical (unpaired) electrons. The lowest BCUT2D eigenvalue weighted by molar-refractivity contribution is -0.142. The van der Waals surface area contributed by atoms with E-state index in [1.54, 1.807) is 6.07 Å². The summed E-state index contributed by atoms with van der Waals surface area (Å²) in [5.74, 6) is -0.470. The molecular formula is C15H14F4N2O3. The number of hydrogen-bond acceptors (Lipinski definition) is 4. The third-order valence-corrected chi connectivity index (χ3v) is 3.07. The first-order valence-corrected chi connectivity index (χ1v) is 6.92. The molecule has 5 nitrogen and oxygen atoms in total. The summed E-state index contributed by atoms with van der Waals surface area (Å²) in [6.07, 6.45) is -5.97. The molecule has 1 aromatic heterocycles. The van der Waals surface area contributed by atoms with Crippen LogP contribution in [0.5, 0.6) is 0 Å². The van der Waals surface area contributed by atoms with Crippen LogP contribution in [0, 0.1) is 5.82 Å². The summed E-state index contributed by atoms with van der Waals surface area (Å²) in [7, 11) is 0. The second-order valence-electron chi connectivity index (χ2n) is 5.00. The predicted octanol–water partition coefficient (Wildman–Crippen LogP) is 1.98. The van der Waals surface area contributed by atoms with Crippen LogP contribution in [-0.4, -0.2) is 27.6 Å². The molecule has 0 saturated heterocycles. The van der Waals surface area contributed by atoms with Gasteiger partial charge in [-0.05, 0) is 12.1 Å². The van der Waals surface area contributed by atoms with Crippen molar-refractivity contribution in [2.45, 2.75) is 25.4 Å². The van der Waals surface area contributed by atoms with E-state index in [4.69, 9.17) is 4.74 Å². The van der Waals surface area contributed by atoms with Crippen molar-refractivity contribution in [1.82, 2.24) is 9.78 Å². The van der Waals surface area contributed by atoms with Crippen molar-refractivity contribution in [3.63, 3.8) is 0 Å². The molecular weight excluding hydrogens is 332 g/mol. The van der Waals surface area contributed by atoms with Gasteiger partial charge in [0.25, 0.3) is 5.56 Å². The van der Waals surface area contributed by atoms with Gasteiger partial charge in [-0.2, -0.15) is 18.3 Å². The summed E-state index contributed by atoms with van der Waals surface area (Å²) in [5.41, 5.74) is -1.74. The lowest BCUT2D eigenvalue weighted by atomic mass is 10.2. The Labute approximate surface area is 134 Å². The molecule has 0 spiro atoms. The number of alkyl halides is 3. The van der Waals surface area contributed by atoms with E-state index in [1.807, 2.05) is 0 Å². The number of aliphatic hydroxyl groups excluding tert-OH is 1. The molecule has 24 heavy (non-hydrogen) atoms. The number of rotatable bonds is 6. The molecule has 1 atom stereocenters. The standard InChI is InChI=1S/C15H14F4N2O3/c16-12-4-2-1-3-10(12)8-24-9-11(22)7-21-14(23)6-5-13(20-21)15(17,18)19/h1-6,11,22H,7-9H2. The fourth-order valence-electron chi connectivity index (χ4n) is 1.90. The van der Waals surface area contributed by atoms with Crippen molar-refractivity contribution in [3.8, 4) is 0 Å². The molecule has 0 bridgehead atoms. The van der Waals surface area contributed by atoms with Crippen molar-refractivity contribution in [2.75, 3.05) is 6.61 Å². The molecule has 0 fully saturated rings. The van der Waals surface area contributed by atoms with Gasteiger partial charge in [-0.3, -0.25) is 4.79 Å². The van der Waals surface area contributed by atoms with Gasteiger partial charge < -0.3 is 9.84 Å². The van der Waals surface area contributed by atoms with Crippen LogP contribution in [0.2, 0.25) is 0 Å². The summed E-state index contributed by atoms with van der Waals surface area (Å²) in [4.78, 5) is 11.5. The Balaban J connectivity index is 1.94. The minimum absolute atomic E-state index is 0.116. The zero-order chi connectivity index (χ0) is 17.7. The van der Waals surface area contributed by atoms with Gasteiger partial charge >= 0.3 is 6.18 Å². The Hall–Kier alpha value is -2.26. The minimum atomic E-state index is -4.69. The highest BCUT2D eigenvalue weighted by Crippen LogP contribution is 2.26. The molecule has 0 aliphatic carbocycles. The summed E-state index contributed by atoms with van der Waals surface area (Å²) in [6, 6.07) is 7.17. The van der Waals surface area contributed by atoms with Gasteiger partial charge in [-0.15, -0.1) is 0 Å². The lowest BCUT2D eigenvalue weighted by Gasteiger charge is -2.14. The average molecular weight is 346 g/mol. The maximum absolute atomic E-state index is 13.4. The number of hydrogen-bond donors (Lipinski definition) is 1. The van der Waals surface area contributed by atoms with Gasteiger partial charge in [0.05, 0.1) is 25.9 Å². The van der Waals surface area contributed by atoms with Crippen molar-refractivity contribution < 1.29 is 27.4 Å². The summed E-state index contributed by atoms with van der Waals surface area (Å²) in [5, 5.41) is 12.9. The van der Waals surface area contributed by atoms with Crippen LogP contribution in [-0.2, 0) is 24.1 Å². The van der Waals surface area contributed by atoms with Crippen LogP contribution in [0.4, 0.5) is 17.6 Å². The third kappa shape index (κ3) is 4.87. The highest BCUT2D eigenvalue weighted by molar-refractivity contribution is 5.16. The molecule has 1 heterocycles. The predicted molar refractivity (Wildman–Crippen MR) is 75.6 cm³/mol. The number of benzene rings is 1. The highest BCUT2D eigenvalue weighted by Gasteiger charge is 2.33. The van der Waals surface area contributed by atoms with Crippen LogP contribution in [0.25, 0.3) is 0 Å². The molecule has 130 valence electrons. The van der Waals surface area contributed by atoms with Gasteiger partial charge in [0.2, 0.25) is 0 Å². The number of aliphatic hydroxyl groups is 1. The fraction of sp³-hybridized carbons (Fsp3) is 0.333. The second-order valence-corrected chi connectivity index (χ2v) is 5.00. The number of aromatic nitrogens is 2. The molecule has 2 aromatic rings. The molecule has 0 aliphatic rings. The maximum atomic E-state index is 13.4. The molecule has 1 N–H and O–H groups in total.